The Labute approximate surface area is 109 Å². The summed E-state index contributed by atoms with van der Waals surface area (Å²) in [6.07, 6.45) is 2.79. The fourth-order valence-corrected chi connectivity index (χ4v) is 1.88. The van der Waals surface area contributed by atoms with Crippen molar-refractivity contribution in [2.45, 2.75) is 25.8 Å². The van der Waals surface area contributed by atoms with Crippen LogP contribution in [0, 0.1) is 5.92 Å². The Balaban J connectivity index is 1.77. The van der Waals surface area contributed by atoms with Crippen LogP contribution in [0.5, 0.6) is 5.75 Å². The van der Waals surface area contributed by atoms with E-state index in [2.05, 4.69) is 24.4 Å². The number of hydrogen-bond donors (Lipinski definition) is 1. The van der Waals surface area contributed by atoms with E-state index in [1.165, 1.54) is 18.4 Å². The van der Waals surface area contributed by atoms with Gasteiger partial charge >= 0.3 is 0 Å². The highest BCUT2D eigenvalue weighted by molar-refractivity contribution is 5.28. The molecule has 0 spiro atoms. The van der Waals surface area contributed by atoms with E-state index in [1.54, 1.807) is 7.11 Å². The van der Waals surface area contributed by atoms with Gasteiger partial charge in [-0.15, -0.1) is 0 Å². The fourth-order valence-electron chi connectivity index (χ4n) is 1.88. The molecular formula is C15H23NO2. The van der Waals surface area contributed by atoms with Gasteiger partial charge < -0.3 is 14.8 Å². The standard InChI is InChI=1S/C15H23NO2/c1-12(16-11-13-3-4-13)14-5-7-15(8-6-14)18-10-9-17-2/h5-8,12-13,16H,3-4,9-11H2,1-2H3. The molecule has 3 nitrogen and oxygen atoms in total. The fraction of sp³-hybridized carbons (Fsp3) is 0.600. The van der Waals surface area contributed by atoms with Crippen molar-refractivity contribution in [2.24, 2.45) is 5.92 Å². The van der Waals surface area contributed by atoms with Crippen molar-refractivity contribution in [1.29, 1.82) is 0 Å². The highest BCUT2D eigenvalue weighted by Gasteiger charge is 2.21. The normalized spacial score (nSPS) is 16.6. The van der Waals surface area contributed by atoms with E-state index in [9.17, 15) is 0 Å². The van der Waals surface area contributed by atoms with Gasteiger partial charge in [-0.2, -0.15) is 0 Å². The first-order valence-electron chi connectivity index (χ1n) is 6.74. The second-order valence-electron chi connectivity index (χ2n) is 4.98. The summed E-state index contributed by atoms with van der Waals surface area (Å²) in [6.45, 7) is 4.59. The number of nitrogens with one attached hydrogen (secondary N) is 1. The lowest BCUT2D eigenvalue weighted by atomic mass is 10.1. The van der Waals surface area contributed by atoms with E-state index in [1.807, 2.05) is 12.1 Å². The second-order valence-corrected chi connectivity index (χ2v) is 4.98. The number of rotatable bonds is 8. The molecule has 0 heterocycles. The summed E-state index contributed by atoms with van der Waals surface area (Å²) >= 11 is 0. The summed E-state index contributed by atoms with van der Waals surface area (Å²) in [5, 5.41) is 3.57. The monoisotopic (exact) mass is 249 g/mol. The molecular weight excluding hydrogens is 226 g/mol. The van der Waals surface area contributed by atoms with Crippen molar-refractivity contribution < 1.29 is 9.47 Å². The Kier molecular flexibility index (Phi) is 5.02. The van der Waals surface area contributed by atoms with Crippen molar-refractivity contribution in [3.8, 4) is 5.75 Å². The maximum absolute atomic E-state index is 5.54. The molecule has 1 unspecified atom stereocenters. The molecule has 0 amide bonds. The Bertz CT molecular complexity index is 346. The Hall–Kier alpha value is -1.06. The highest BCUT2D eigenvalue weighted by atomic mass is 16.5. The third-order valence-electron chi connectivity index (χ3n) is 3.35. The minimum absolute atomic E-state index is 0.415. The molecule has 0 aliphatic heterocycles. The zero-order valence-corrected chi connectivity index (χ0v) is 11.3. The molecule has 0 radical (unpaired) electrons. The molecule has 1 aromatic rings. The molecule has 1 aliphatic rings. The average molecular weight is 249 g/mol. The van der Waals surface area contributed by atoms with E-state index in [-0.39, 0.29) is 0 Å². The minimum Gasteiger partial charge on any atom is -0.491 e. The van der Waals surface area contributed by atoms with Crippen LogP contribution in [0.15, 0.2) is 24.3 Å². The molecule has 1 N–H and O–H groups in total. The predicted molar refractivity (Wildman–Crippen MR) is 73.0 cm³/mol. The summed E-state index contributed by atoms with van der Waals surface area (Å²) in [5.41, 5.74) is 1.31. The van der Waals surface area contributed by atoms with Gasteiger partial charge in [0.15, 0.2) is 0 Å². The third-order valence-corrected chi connectivity index (χ3v) is 3.35. The number of benzene rings is 1. The lowest BCUT2D eigenvalue weighted by Gasteiger charge is -2.14. The quantitative estimate of drug-likeness (QED) is 0.719. The topological polar surface area (TPSA) is 30.5 Å². The summed E-state index contributed by atoms with van der Waals surface area (Å²) in [5.74, 6) is 1.83. The SMILES string of the molecule is COCCOc1ccc(C(C)NCC2CC2)cc1. The Morgan fingerprint density at radius 1 is 1.22 bits per heavy atom. The van der Waals surface area contributed by atoms with Crippen LogP contribution in [0.2, 0.25) is 0 Å². The van der Waals surface area contributed by atoms with Gasteiger partial charge in [0.2, 0.25) is 0 Å². The van der Waals surface area contributed by atoms with Crippen molar-refractivity contribution in [3.05, 3.63) is 29.8 Å². The van der Waals surface area contributed by atoms with E-state index >= 15 is 0 Å². The molecule has 1 aliphatic carbocycles. The summed E-state index contributed by atoms with van der Waals surface area (Å²) in [4.78, 5) is 0. The van der Waals surface area contributed by atoms with Crippen LogP contribution < -0.4 is 10.1 Å². The molecule has 3 heteroatoms. The molecule has 0 saturated heterocycles. The van der Waals surface area contributed by atoms with Crippen LogP contribution in [0.1, 0.15) is 31.4 Å². The molecule has 2 rings (SSSR count). The van der Waals surface area contributed by atoms with Gasteiger partial charge in [-0.25, -0.2) is 0 Å². The van der Waals surface area contributed by atoms with Gasteiger partial charge in [0, 0.05) is 13.2 Å². The van der Waals surface area contributed by atoms with Crippen LogP contribution in [-0.2, 0) is 4.74 Å². The first-order chi connectivity index (χ1) is 8.79. The van der Waals surface area contributed by atoms with Crippen LogP contribution in [0.4, 0.5) is 0 Å². The number of methoxy groups -OCH3 is 1. The average Bonchev–Trinajstić information content (AvgIpc) is 3.21. The van der Waals surface area contributed by atoms with Gasteiger partial charge in [-0.3, -0.25) is 0 Å². The van der Waals surface area contributed by atoms with Crippen LogP contribution in [0.3, 0.4) is 0 Å². The van der Waals surface area contributed by atoms with E-state index < -0.39 is 0 Å². The highest BCUT2D eigenvalue weighted by Crippen LogP contribution is 2.28. The van der Waals surface area contributed by atoms with E-state index in [0.717, 1.165) is 18.2 Å². The zero-order valence-electron chi connectivity index (χ0n) is 11.3. The molecule has 100 valence electrons. The minimum atomic E-state index is 0.415. The molecule has 1 saturated carbocycles. The summed E-state index contributed by atoms with van der Waals surface area (Å²) in [7, 11) is 1.68. The van der Waals surface area contributed by atoms with Crippen molar-refractivity contribution >= 4 is 0 Å². The molecule has 1 atom stereocenters. The maximum atomic E-state index is 5.54. The largest absolute Gasteiger partial charge is 0.491 e. The molecule has 0 bridgehead atoms. The molecule has 0 aromatic heterocycles. The molecule has 18 heavy (non-hydrogen) atoms. The maximum Gasteiger partial charge on any atom is 0.119 e. The zero-order chi connectivity index (χ0) is 12.8. The number of ether oxygens (including phenoxy) is 2. The third kappa shape index (κ3) is 4.31. The molecule has 1 fully saturated rings. The number of hydrogen-bond acceptors (Lipinski definition) is 3. The first-order valence-corrected chi connectivity index (χ1v) is 6.74. The van der Waals surface area contributed by atoms with Crippen LogP contribution in [-0.4, -0.2) is 26.9 Å². The van der Waals surface area contributed by atoms with Gasteiger partial charge in [-0.1, -0.05) is 12.1 Å². The lowest BCUT2D eigenvalue weighted by Crippen LogP contribution is -2.20. The van der Waals surface area contributed by atoms with Gasteiger partial charge in [-0.05, 0) is 49.9 Å². The lowest BCUT2D eigenvalue weighted by molar-refractivity contribution is 0.146. The van der Waals surface area contributed by atoms with E-state index in [4.69, 9.17) is 9.47 Å². The van der Waals surface area contributed by atoms with E-state index in [0.29, 0.717) is 19.3 Å². The van der Waals surface area contributed by atoms with Crippen molar-refractivity contribution in [1.82, 2.24) is 5.32 Å². The van der Waals surface area contributed by atoms with Gasteiger partial charge in [0.25, 0.3) is 0 Å². The van der Waals surface area contributed by atoms with Crippen LogP contribution >= 0.6 is 0 Å². The summed E-state index contributed by atoms with van der Waals surface area (Å²) in [6, 6.07) is 8.73. The van der Waals surface area contributed by atoms with Crippen molar-refractivity contribution in [2.75, 3.05) is 26.9 Å². The Morgan fingerprint density at radius 3 is 2.56 bits per heavy atom. The molecule has 1 aromatic carbocycles. The van der Waals surface area contributed by atoms with Gasteiger partial charge in [0.1, 0.15) is 12.4 Å². The smallest absolute Gasteiger partial charge is 0.119 e. The predicted octanol–water partition coefficient (Wildman–Crippen LogP) is 2.77. The van der Waals surface area contributed by atoms with Gasteiger partial charge in [0.05, 0.1) is 6.61 Å². The summed E-state index contributed by atoms with van der Waals surface area (Å²) < 4.78 is 10.5. The van der Waals surface area contributed by atoms with Crippen molar-refractivity contribution in [3.63, 3.8) is 0 Å². The second kappa shape index (κ2) is 6.76. The van der Waals surface area contributed by atoms with Crippen LogP contribution in [0.25, 0.3) is 0 Å². The Morgan fingerprint density at radius 2 is 1.94 bits per heavy atom. The first kappa shape index (κ1) is 13.4.